The zero-order valence-corrected chi connectivity index (χ0v) is 16.6. The van der Waals surface area contributed by atoms with Crippen LogP contribution in [-0.2, 0) is 4.74 Å². The van der Waals surface area contributed by atoms with Gasteiger partial charge in [-0.25, -0.2) is 0 Å². The second-order valence-corrected chi connectivity index (χ2v) is 7.42. The first kappa shape index (κ1) is 18.6. The molecule has 4 rings (SSSR count). The highest BCUT2D eigenvalue weighted by molar-refractivity contribution is 5.83. The number of benzene rings is 2. The predicted octanol–water partition coefficient (Wildman–Crippen LogP) is 4.42. The fourth-order valence-electron chi connectivity index (χ4n) is 3.81. The zero-order chi connectivity index (χ0) is 19.7. The molecule has 3 aromatic rings. The lowest BCUT2D eigenvalue weighted by molar-refractivity contribution is 0.120. The predicted molar refractivity (Wildman–Crippen MR) is 113 cm³/mol. The van der Waals surface area contributed by atoms with Crippen molar-refractivity contribution in [3.8, 4) is 0 Å². The number of hydrogen-bond acceptors (Lipinski definition) is 5. The molecule has 0 bridgehead atoms. The van der Waals surface area contributed by atoms with Gasteiger partial charge in [0, 0.05) is 24.3 Å². The van der Waals surface area contributed by atoms with E-state index in [-0.39, 0.29) is 11.5 Å². The van der Waals surface area contributed by atoms with Crippen molar-refractivity contribution < 1.29 is 9.15 Å². The minimum Gasteiger partial charge on any atom is -0.440 e. The van der Waals surface area contributed by atoms with Crippen LogP contribution in [-0.4, -0.2) is 26.3 Å². The highest BCUT2D eigenvalue weighted by Crippen LogP contribution is 2.31. The monoisotopic (exact) mass is 378 g/mol. The molecule has 1 atom stereocenters. The summed E-state index contributed by atoms with van der Waals surface area (Å²) in [6, 6.07) is 14.1. The largest absolute Gasteiger partial charge is 0.440 e. The Morgan fingerprint density at radius 2 is 1.79 bits per heavy atom. The molecule has 1 fully saturated rings. The van der Waals surface area contributed by atoms with E-state index in [1.165, 1.54) is 0 Å². The Bertz CT molecular complexity index is 1040. The van der Waals surface area contributed by atoms with Crippen LogP contribution in [0.5, 0.6) is 0 Å². The van der Waals surface area contributed by atoms with Gasteiger partial charge in [-0.2, -0.15) is 0 Å². The molecule has 28 heavy (non-hydrogen) atoms. The van der Waals surface area contributed by atoms with E-state index in [0.717, 1.165) is 29.9 Å². The summed E-state index contributed by atoms with van der Waals surface area (Å²) >= 11 is 0. The van der Waals surface area contributed by atoms with E-state index in [1.54, 1.807) is 0 Å². The average Bonchev–Trinajstić information content (AvgIpc) is 2.72. The number of hydrogen-bond donors (Lipinski definition) is 1. The van der Waals surface area contributed by atoms with E-state index in [0.29, 0.717) is 35.6 Å². The fraction of sp³-hybridized carbons (Fsp3) is 0.348. The fourth-order valence-corrected chi connectivity index (χ4v) is 3.81. The van der Waals surface area contributed by atoms with Gasteiger partial charge in [0.1, 0.15) is 5.58 Å². The Hall–Kier alpha value is -2.79. The van der Waals surface area contributed by atoms with Crippen molar-refractivity contribution in [1.29, 1.82) is 0 Å². The van der Waals surface area contributed by atoms with E-state index >= 15 is 0 Å². The topological polar surface area (TPSA) is 54.7 Å². The summed E-state index contributed by atoms with van der Waals surface area (Å²) in [5.74, 6) is 0.665. The van der Waals surface area contributed by atoms with E-state index in [1.807, 2.05) is 50.2 Å². The first-order valence-corrected chi connectivity index (χ1v) is 9.77. The smallest absolute Gasteiger partial charge is 0.203 e. The van der Waals surface area contributed by atoms with Crippen LogP contribution in [0.3, 0.4) is 0 Å². The number of fused-ring (bicyclic) bond motifs is 1. The summed E-state index contributed by atoms with van der Waals surface area (Å²) in [5, 5.41) is 4.16. The van der Waals surface area contributed by atoms with Crippen LogP contribution in [0.15, 0.2) is 51.7 Å². The Labute approximate surface area is 164 Å². The molecule has 2 aromatic carbocycles. The van der Waals surface area contributed by atoms with Crippen LogP contribution >= 0.6 is 0 Å². The van der Waals surface area contributed by atoms with Gasteiger partial charge in [0.25, 0.3) is 0 Å². The van der Waals surface area contributed by atoms with Crippen LogP contribution in [0.2, 0.25) is 0 Å². The van der Waals surface area contributed by atoms with Gasteiger partial charge in [-0.3, -0.25) is 4.79 Å². The van der Waals surface area contributed by atoms with E-state index in [4.69, 9.17) is 9.15 Å². The lowest BCUT2D eigenvalue weighted by Gasteiger charge is -2.29. The Morgan fingerprint density at radius 1 is 1.07 bits per heavy atom. The Morgan fingerprint density at radius 3 is 2.50 bits per heavy atom. The van der Waals surface area contributed by atoms with Crippen molar-refractivity contribution in [2.45, 2.75) is 26.8 Å². The third-order valence-corrected chi connectivity index (χ3v) is 5.29. The van der Waals surface area contributed by atoms with Gasteiger partial charge in [-0.05, 0) is 44.5 Å². The Kier molecular flexibility index (Phi) is 5.09. The van der Waals surface area contributed by atoms with Crippen LogP contribution in [0.25, 0.3) is 11.0 Å². The Balaban J connectivity index is 1.83. The van der Waals surface area contributed by atoms with Crippen LogP contribution < -0.4 is 15.6 Å². The molecule has 5 heteroatoms. The molecule has 0 radical (unpaired) electrons. The van der Waals surface area contributed by atoms with Gasteiger partial charge in [0.05, 0.1) is 30.2 Å². The quantitative estimate of drug-likeness (QED) is 0.728. The van der Waals surface area contributed by atoms with E-state index < -0.39 is 0 Å². The maximum absolute atomic E-state index is 13.1. The number of morpholine rings is 1. The first-order chi connectivity index (χ1) is 13.5. The zero-order valence-electron chi connectivity index (χ0n) is 16.6. The molecule has 1 aliphatic rings. The van der Waals surface area contributed by atoms with Gasteiger partial charge in [-0.1, -0.05) is 24.3 Å². The SMILES string of the molecule is Cc1cc([C@@H](C)Nc2ccccc2)c2oc(N3CCOCC3)c(C)c(=O)c2c1. The van der Waals surface area contributed by atoms with Crippen molar-refractivity contribution >= 4 is 22.5 Å². The molecule has 2 heterocycles. The molecule has 1 aliphatic heterocycles. The summed E-state index contributed by atoms with van der Waals surface area (Å²) in [6.07, 6.45) is 0. The van der Waals surface area contributed by atoms with Gasteiger partial charge < -0.3 is 19.4 Å². The van der Waals surface area contributed by atoms with Crippen molar-refractivity contribution in [3.05, 3.63) is 69.4 Å². The summed E-state index contributed by atoms with van der Waals surface area (Å²) < 4.78 is 11.8. The molecule has 146 valence electrons. The molecule has 0 saturated carbocycles. The van der Waals surface area contributed by atoms with Gasteiger partial charge >= 0.3 is 0 Å². The molecule has 0 unspecified atom stereocenters. The minimum atomic E-state index is -0.00630. The van der Waals surface area contributed by atoms with E-state index in [2.05, 4.69) is 23.2 Å². The van der Waals surface area contributed by atoms with Crippen LogP contribution in [0, 0.1) is 13.8 Å². The molecule has 1 N–H and O–H groups in total. The molecular weight excluding hydrogens is 352 g/mol. The summed E-state index contributed by atoms with van der Waals surface area (Å²) in [6.45, 7) is 8.71. The first-order valence-electron chi connectivity index (χ1n) is 9.77. The lowest BCUT2D eigenvalue weighted by Crippen LogP contribution is -2.37. The van der Waals surface area contributed by atoms with Gasteiger partial charge in [0.15, 0.2) is 5.43 Å². The number of nitrogens with one attached hydrogen (secondary N) is 1. The highest BCUT2D eigenvalue weighted by Gasteiger charge is 2.22. The van der Waals surface area contributed by atoms with Crippen molar-refractivity contribution in [2.75, 3.05) is 36.5 Å². The van der Waals surface area contributed by atoms with Crippen molar-refractivity contribution in [3.63, 3.8) is 0 Å². The van der Waals surface area contributed by atoms with Crippen LogP contribution in [0.1, 0.15) is 29.7 Å². The number of nitrogens with zero attached hydrogens (tertiary/aromatic N) is 1. The molecule has 0 aliphatic carbocycles. The number of aryl methyl sites for hydroxylation is 1. The molecular formula is C23H26N2O3. The summed E-state index contributed by atoms with van der Waals surface area (Å²) in [5.41, 5.74) is 4.45. The number of rotatable bonds is 4. The van der Waals surface area contributed by atoms with E-state index in [9.17, 15) is 4.79 Å². The number of ether oxygens (including phenoxy) is 1. The second-order valence-electron chi connectivity index (χ2n) is 7.42. The molecule has 0 spiro atoms. The second kappa shape index (κ2) is 7.68. The maximum atomic E-state index is 13.1. The lowest BCUT2D eigenvalue weighted by atomic mass is 10.00. The molecule has 1 saturated heterocycles. The van der Waals surface area contributed by atoms with Crippen LogP contribution in [0.4, 0.5) is 11.6 Å². The third kappa shape index (κ3) is 3.50. The summed E-state index contributed by atoms with van der Waals surface area (Å²) in [4.78, 5) is 15.2. The third-order valence-electron chi connectivity index (χ3n) is 5.29. The standard InChI is InChI=1S/C23H26N2O3/c1-15-13-19(17(3)24-18-7-5-4-6-8-18)22-20(14-15)21(26)16(2)23(28-22)25-9-11-27-12-10-25/h4-8,13-14,17,24H,9-12H2,1-3H3/t17-/m1/s1. The molecule has 1 aromatic heterocycles. The van der Waals surface area contributed by atoms with Gasteiger partial charge in [-0.15, -0.1) is 0 Å². The number of anilines is 2. The average molecular weight is 378 g/mol. The van der Waals surface area contributed by atoms with Gasteiger partial charge in [0.2, 0.25) is 5.88 Å². The van der Waals surface area contributed by atoms with Crippen molar-refractivity contribution in [1.82, 2.24) is 0 Å². The normalized spacial score (nSPS) is 15.6. The summed E-state index contributed by atoms with van der Waals surface area (Å²) in [7, 11) is 0. The minimum absolute atomic E-state index is 0.00630. The van der Waals surface area contributed by atoms with Crippen molar-refractivity contribution in [2.24, 2.45) is 0 Å². The maximum Gasteiger partial charge on any atom is 0.203 e. The highest BCUT2D eigenvalue weighted by atomic mass is 16.5. The molecule has 0 amide bonds. The number of para-hydroxylation sites is 1. The molecule has 5 nitrogen and oxygen atoms in total.